The first-order valence-corrected chi connectivity index (χ1v) is 6.96. The molecule has 2 heterocycles. The van der Waals surface area contributed by atoms with E-state index in [0.717, 1.165) is 9.86 Å². The number of nitrogens with one attached hydrogen (secondary N) is 1. The molecule has 0 amide bonds. The number of hydrogen-bond acceptors (Lipinski definition) is 3. The van der Waals surface area contributed by atoms with Crippen molar-refractivity contribution in [2.45, 2.75) is 0 Å². The van der Waals surface area contributed by atoms with Gasteiger partial charge in [0.25, 0.3) is 0 Å². The first-order valence-electron chi connectivity index (χ1n) is 5.79. The van der Waals surface area contributed by atoms with E-state index in [9.17, 15) is 4.79 Å². The molecule has 1 aromatic carbocycles. The molecule has 3 rings (SSSR count). The summed E-state index contributed by atoms with van der Waals surface area (Å²) in [6.07, 6.45) is 3.30. The predicted octanol–water partition coefficient (Wildman–Crippen LogP) is 3.79. The van der Waals surface area contributed by atoms with Gasteiger partial charge in [0.1, 0.15) is 5.65 Å². The standard InChI is InChI=1S/C14H9BrClN3O/c15-7-4-9-10(6-19-14(9)18-5-7)13(20)8-2-1-3-11(17)12(8)16/h1-6H,17H2,(H,18,19). The van der Waals surface area contributed by atoms with Crippen molar-refractivity contribution in [2.24, 2.45) is 0 Å². The van der Waals surface area contributed by atoms with Crippen LogP contribution in [0.3, 0.4) is 0 Å². The summed E-state index contributed by atoms with van der Waals surface area (Å²) in [7, 11) is 0. The summed E-state index contributed by atoms with van der Waals surface area (Å²) in [6.45, 7) is 0. The number of benzene rings is 1. The van der Waals surface area contributed by atoms with Crippen LogP contribution in [-0.2, 0) is 0 Å². The van der Waals surface area contributed by atoms with Crippen molar-refractivity contribution in [2.75, 3.05) is 5.73 Å². The van der Waals surface area contributed by atoms with E-state index in [1.54, 1.807) is 30.6 Å². The van der Waals surface area contributed by atoms with Crippen molar-refractivity contribution < 1.29 is 4.79 Å². The van der Waals surface area contributed by atoms with Gasteiger partial charge in [0.15, 0.2) is 5.78 Å². The molecule has 4 nitrogen and oxygen atoms in total. The lowest BCUT2D eigenvalue weighted by Crippen LogP contribution is -2.03. The number of rotatable bonds is 2. The molecule has 0 atom stereocenters. The van der Waals surface area contributed by atoms with E-state index >= 15 is 0 Å². The number of pyridine rings is 1. The van der Waals surface area contributed by atoms with Crippen molar-refractivity contribution in [1.29, 1.82) is 0 Å². The normalized spacial score (nSPS) is 10.9. The fraction of sp³-hybridized carbons (Fsp3) is 0. The minimum absolute atomic E-state index is 0.187. The number of aromatic nitrogens is 2. The van der Waals surface area contributed by atoms with Gasteiger partial charge in [0.2, 0.25) is 0 Å². The van der Waals surface area contributed by atoms with Crippen molar-refractivity contribution in [1.82, 2.24) is 9.97 Å². The first-order chi connectivity index (χ1) is 9.58. The Labute approximate surface area is 128 Å². The average molecular weight is 351 g/mol. The molecule has 0 spiro atoms. The Hall–Kier alpha value is -1.85. The number of nitrogen functional groups attached to an aromatic ring is 1. The van der Waals surface area contributed by atoms with Crippen molar-refractivity contribution in [3.8, 4) is 0 Å². The van der Waals surface area contributed by atoms with Crippen LogP contribution in [0.5, 0.6) is 0 Å². The fourth-order valence-electron chi connectivity index (χ4n) is 2.04. The second-order valence-electron chi connectivity index (χ2n) is 4.29. The van der Waals surface area contributed by atoms with Gasteiger partial charge in [0.05, 0.1) is 10.7 Å². The number of anilines is 1. The molecule has 0 saturated carbocycles. The molecule has 0 aliphatic carbocycles. The molecular weight excluding hydrogens is 342 g/mol. The number of halogens is 2. The Balaban J connectivity index is 2.18. The fourth-order valence-corrected chi connectivity index (χ4v) is 2.58. The third kappa shape index (κ3) is 2.09. The maximum atomic E-state index is 12.6. The van der Waals surface area contributed by atoms with Crippen molar-refractivity contribution in [3.05, 3.63) is 57.3 Å². The van der Waals surface area contributed by atoms with E-state index < -0.39 is 0 Å². The lowest BCUT2D eigenvalue weighted by atomic mass is 10.0. The maximum absolute atomic E-state index is 12.6. The van der Waals surface area contributed by atoms with E-state index in [-0.39, 0.29) is 10.8 Å². The molecule has 0 fully saturated rings. The maximum Gasteiger partial charge on any atom is 0.196 e. The summed E-state index contributed by atoms with van der Waals surface area (Å²) in [5.41, 5.74) is 7.67. The molecule has 2 aromatic heterocycles. The number of carbonyl (C=O) groups is 1. The van der Waals surface area contributed by atoms with Gasteiger partial charge in [-0.15, -0.1) is 0 Å². The number of carbonyl (C=O) groups excluding carboxylic acids is 1. The van der Waals surface area contributed by atoms with Crippen molar-refractivity contribution >= 4 is 50.0 Å². The van der Waals surface area contributed by atoms with Crippen LogP contribution in [0, 0.1) is 0 Å². The number of nitrogens with zero attached hydrogens (tertiary/aromatic N) is 1. The Kier molecular flexibility index (Phi) is 3.23. The van der Waals surface area contributed by atoms with E-state index in [1.807, 2.05) is 6.07 Å². The summed E-state index contributed by atoms with van der Waals surface area (Å²) >= 11 is 9.46. The quantitative estimate of drug-likeness (QED) is 0.545. The van der Waals surface area contributed by atoms with E-state index in [2.05, 4.69) is 25.9 Å². The number of nitrogens with two attached hydrogens (primary N) is 1. The van der Waals surface area contributed by atoms with Crippen LogP contribution in [0.15, 0.2) is 41.1 Å². The average Bonchev–Trinajstić information content (AvgIpc) is 2.84. The van der Waals surface area contributed by atoms with E-state index in [4.69, 9.17) is 17.3 Å². The molecule has 6 heteroatoms. The largest absolute Gasteiger partial charge is 0.398 e. The third-order valence-corrected chi connectivity index (χ3v) is 3.87. The van der Waals surface area contributed by atoms with Crippen LogP contribution in [0.4, 0.5) is 5.69 Å². The minimum Gasteiger partial charge on any atom is -0.398 e. The minimum atomic E-state index is -0.187. The molecule has 0 radical (unpaired) electrons. The zero-order valence-electron chi connectivity index (χ0n) is 10.2. The van der Waals surface area contributed by atoms with Gasteiger partial charge in [0, 0.05) is 33.4 Å². The van der Waals surface area contributed by atoms with Gasteiger partial charge in [-0.1, -0.05) is 17.7 Å². The number of ketones is 1. The molecule has 0 saturated heterocycles. The Bertz CT molecular complexity index is 828. The van der Waals surface area contributed by atoms with E-state index in [0.29, 0.717) is 22.5 Å². The van der Waals surface area contributed by atoms with Crippen LogP contribution in [0.25, 0.3) is 11.0 Å². The SMILES string of the molecule is Nc1cccc(C(=O)c2c[nH]c3ncc(Br)cc23)c1Cl. The van der Waals surface area contributed by atoms with Gasteiger partial charge in [-0.05, 0) is 34.1 Å². The van der Waals surface area contributed by atoms with E-state index in [1.165, 1.54) is 0 Å². The summed E-state index contributed by atoms with van der Waals surface area (Å²) in [6, 6.07) is 6.86. The molecule has 3 N–H and O–H groups in total. The lowest BCUT2D eigenvalue weighted by Gasteiger charge is -2.05. The second kappa shape index (κ2) is 4.92. The van der Waals surface area contributed by atoms with Gasteiger partial charge >= 0.3 is 0 Å². The topological polar surface area (TPSA) is 71.8 Å². The number of fused-ring (bicyclic) bond motifs is 1. The highest BCUT2D eigenvalue weighted by molar-refractivity contribution is 9.10. The van der Waals surface area contributed by atoms with Crippen LogP contribution in [-0.4, -0.2) is 15.8 Å². The molecule has 0 aliphatic rings. The zero-order chi connectivity index (χ0) is 14.3. The van der Waals surface area contributed by atoms with Crippen LogP contribution in [0.2, 0.25) is 5.02 Å². The highest BCUT2D eigenvalue weighted by atomic mass is 79.9. The molecule has 100 valence electrons. The molecule has 20 heavy (non-hydrogen) atoms. The number of H-pyrrole nitrogens is 1. The second-order valence-corrected chi connectivity index (χ2v) is 5.58. The summed E-state index contributed by atoms with van der Waals surface area (Å²) in [4.78, 5) is 19.8. The number of aromatic amines is 1. The Morgan fingerprint density at radius 2 is 2.15 bits per heavy atom. The van der Waals surface area contributed by atoms with Crippen LogP contribution < -0.4 is 5.73 Å². The highest BCUT2D eigenvalue weighted by Gasteiger charge is 2.18. The highest BCUT2D eigenvalue weighted by Crippen LogP contribution is 2.28. The monoisotopic (exact) mass is 349 g/mol. The lowest BCUT2D eigenvalue weighted by molar-refractivity contribution is 0.104. The molecular formula is C14H9BrClN3O. The van der Waals surface area contributed by atoms with Crippen LogP contribution >= 0.6 is 27.5 Å². The molecule has 0 aliphatic heterocycles. The zero-order valence-corrected chi connectivity index (χ0v) is 12.5. The third-order valence-electron chi connectivity index (χ3n) is 3.02. The molecule has 3 aromatic rings. The number of hydrogen-bond donors (Lipinski definition) is 2. The Morgan fingerprint density at radius 1 is 1.35 bits per heavy atom. The predicted molar refractivity (Wildman–Crippen MR) is 83.1 cm³/mol. The summed E-state index contributed by atoms with van der Waals surface area (Å²) in [5, 5.41) is 1.01. The van der Waals surface area contributed by atoms with Gasteiger partial charge in [-0.2, -0.15) is 0 Å². The summed E-state index contributed by atoms with van der Waals surface area (Å²) < 4.78 is 0.803. The summed E-state index contributed by atoms with van der Waals surface area (Å²) in [5.74, 6) is -0.187. The van der Waals surface area contributed by atoms with Gasteiger partial charge in [-0.25, -0.2) is 4.98 Å². The van der Waals surface area contributed by atoms with Gasteiger partial charge < -0.3 is 10.7 Å². The van der Waals surface area contributed by atoms with Gasteiger partial charge in [-0.3, -0.25) is 4.79 Å². The van der Waals surface area contributed by atoms with Crippen molar-refractivity contribution in [3.63, 3.8) is 0 Å². The smallest absolute Gasteiger partial charge is 0.196 e. The molecule has 0 unspecified atom stereocenters. The molecule has 0 bridgehead atoms. The Morgan fingerprint density at radius 3 is 2.95 bits per heavy atom. The first kappa shape index (κ1) is 13.1. The van der Waals surface area contributed by atoms with Crippen LogP contribution in [0.1, 0.15) is 15.9 Å².